The van der Waals surface area contributed by atoms with E-state index >= 15 is 0 Å². The number of para-hydroxylation sites is 1. The Balaban J connectivity index is 1.76. The molecular formula is C21H19N3O3S. The van der Waals surface area contributed by atoms with Crippen LogP contribution in [0.5, 0.6) is 5.75 Å². The maximum Gasteiger partial charge on any atom is 0.261 e. The second-order valence-electron chi connectivity index (χ2n) is 6.10. The molecule has 7 heteroatoms. The Hall–Kier alpha value is -3.50. The third-order valence-electron chi connectivity index (χ3n) is 4.14. The lowest BCUT2D eigenvalue weighted by atomic mass is 10.2. The molecule has 0 aliphatic carbocycles. The number of sulfonamides is 1. The van der Waals surface area contributed by atoms with Crippen molar-refractivity contribution in [2.75, 3.05) is 17.1 Å². The Bertz CT molecular complexity index is 1130. The Morgan fingerprint density at radius 3 is 2.29 bits per heavy atom. The summed E-state index contributed by atoms with van der Waals surface area (Å²) in [7, 11) is -2.17. The summed E-state index contributed by atoms with van der Waals surface area (Å²) in [4.78, 5) is 0.163. The van der Waals surface area contributed by atoms with Gasteiger partial charge in [-0.3, -0.25) is 4.72 Å². The molecule has 0 radical (unpaired) electrons. The largest absolute Gasteiger partial charge is 0.496 e. The second kappa shape index (κ2) is 8.03. The van der Waals surface area contributed by atoms with Crippen molar-refractivity contribution in [3.8, 4) is 11.8 Å². The molecule has 0 atom stereocenters. The van der Waals surface area contributed by atoms with Crippen molar-refractivity contribution in [2.24, 2.45) is 0 Å². The van der Waals surface area contributed by atoms with Crippen LogP contribution in [0, 0.1) is 18.3 Å². The van der Waals surface area contributed by atoms with Gasteiger partial charge in [-0.05, 0) is 67.1 Å². The number of anilines is 3. The minimum Gasteiger partial charge on any atom is -0.496 e. The second-order valence-corrected chi connectivity index (χ2v) is 7.78. The summed E-state index contributed by atoms with van der Waals surface area (Å²) in [5, 5.41) is 12.3. The molecule has 0 saturated carbocycles. The first-order valence-corrected chi connectivity index (χ1v) is 9.95. The van der Waals surface area contributed by atoms with Crippen LogP contribution in [-0.2, 0) is 10.0 Å². The van der Waals surface area contributed by atoms with Crippen LogP contribution in [0.2, 0.25) is 0 Å². The van der Waals surface area contributed by atoms with Crippen molar-refractivity contribution >= 4 is 27.1 Å². The lowest BCUT2D eigenvalue weighted by Crippen LogP contribution is -2.13. The van der Waals surface area contributed by atoms with E-state index in [9.17, 15) is 8.42 Å². The number of hydrogen-bond donors (Lipinski definition) is 2. The molecule has 3 aromatic carbocycles. The normalized spacial score (nSPS) is 10.8. The highest BCUT2D eigenvalue weighted by molar-refractivity contribution is 7.92. The van der Waals surface area contributed by atoms with Gasteiger partial charge in [-0.1, -0.05) is 12.1 Å². The molecule has 0 aliphatic rings. The van der Waals surface area contributed by atoms with Gasteiger partial charge >= 0.3 is 0 Å². The lowest BCUT2D eigenvalue weighted by Gasteiger charge is -2.12. The minimum atomic E-state index is -3.71. The molecule has 0 aromatic heterocycles. The molecule has 2 N–H and O–H groups in total. The smallest absolute Gasteiger partial charge is 0.261 e. The molecule has 0 aliphatic heterocycles. The minimum absolute atomic E-state index is 0.163. The maximum absolute atomic E-state index is 12.6. The zero-order valence-electron chi connectivity index (χ0n) is 15.4. The van der Waals surface area contributed by atoms with Crippen molar-refractivity contribution < 1.29 is 13.2 Å². The molecule has 0 bridgehead atoms. The fourth-order valence-electron chi connectivity index (χ4n) is 2.70. The highest BCUT2D eigenvalue weighted by Gasteiger charge is 2.15. The average molecular weight is 393 g/mol. The van der Waals surface area contributed by atoms with E-state index in [4.69, 9.17) is 10.00 Å². The quantitative estimate of drug-likeness (QED) is 0.647. The first kappa shape index (κ1) is 19.3. The lowest BCUT2D eigenvalue weighted by molar-refractivity contribution is 0.411. The molecule has 6 nitrogen and oxygen atoms in total. The molecule has 0 amide bonds. The number of benzene rings is 3. The van der Waals surface area contributed by atoms with E-state index in [1.165, 1.54) is 6.07 Å². The molecule has 3 aromatic rings. The molecule has 0 fully saturated rings. The van der Waals surface area contributed by atoms with Gasteiger partial charge < -0.3 is 10.1 Å². The number of nitrogens with zero attached hydrogens (tertiary/aromatic N) is 1. The number of nitriles is 1. The molecule has 3 rings (SSSR count). The van der Waals surface area contributed by atoms with Crippen LogP contribution >= 0.6 is 0 Å². The topological polar surface area (TPSA) is 91.2 Å². The summed E-state index contributed by atoms with van der Waals surface area (Å²) in [6.45, 7) is 1.79. The number of rotatable bonds is 6. The van der Waals surface area contributed by atoms with Crippen LogP contribution in [0.15, 0.2) is 71.6 Å². The molecule has 0 unspecified atom stereocenters. The molecule has 142 valence electrons. The van der Waals surface area contributed by atoms with Crippen molar-refractivity contribution in [3.05, 3.63) is 77.9 Å². The Morgan fingerprint density at radius 2 is 1.64 bits per heavy atom. The predicted octanol–water partition coefficient (Wildman–Crippen LogP) is 4.42. The number of ether oxygens (including phenoxy) is 1. The molecule has 0 heterocycles. The van der Waals surface area contributed by atoms with Gasteiger partial charge in [0, 0.05) is 11.4 Å². The molecule has 28 heavy (non-hydrogen) atoms. The summed E-state index contributed by atoms with van der Waals surface area (Å²) < 4.78 is 32.9. The maximum atomic E-state index is 12.6. The van der Waals surface area contributed by atoms with Crippen LogP contribution < -0.4 is 14.8 Å². The van der Waals surface area contributed by atoms with Gasteiger partial charge in [-0.15, -0.1) is 0 Å². The van der Waals surface area contributed by atoms with Gasteiger partial charge in [-0.25, -0.2) is 8.42 Å². The Morgan fingerprint density at radius 1 is 0.964 bits per heavy atom. The zero-order valence-corrected chi connectivity index (χ0v) is 16.2. The Kier molecular flexibility index (Phi) is 5.52. The summed E-state index contributed by atoms with van der Waals surface area (Å²) in [6.07, 6.45) is 0. The summed E-state index contributed by atoms with van der Waals surface area (Å²) in [5.41, 5.74) is 3.13. The van der Waals surface area contributed by atoms with Crippen LogP contribution in [-0.4, -0.2) is 15.5 Å². The van der Waals surface area contributed by atoms with E-state index in [0.29, 0.717) is 22.7 Å². The van der Waals surface area contributed by atoms with Crippen molar-refractivity contribution in [1.29, 1.82) is 5.26 Å². The molecular weight excluding hydrogens is 374 g/mol. The highest BCUT2D eigenvalue weighted by atomic mass is 32.2. The average Bonchev–Trinajstić information content (AvgIpc) is 2.69. The van der Waals surface area contributed by atoms with Crippen molar-refractivity contribution in [1.82, 2.24) is 0 Å². The Labute approximate surface area is 164 Å². The van der Waals surface area contributed by atoms with Crippen molar-refractivity contribution in [3.63, 3.8) is 0 Å². The van der Waals surface area contributed by atoms with Gasteiger partial charge in [0.15, 0.2) is 0 Å². The van der Waals surface area contributed by atoms with E-state index < -0.39 is 10.0 Å². The first-order chi connectivity index (χ1) is 13.4. The van der Waals surface area contributed by atoms with E-state index in [1.54, 1.807) is 68.6 Å². The van der Waals surface area contributed by atoms with Gasteiger partial charge in [0.2, 0.25) is 0 Å². The number of methoxy groups -OCH3 is 1. The standard InChI is InChI=1S/C21H19N3O3S/c1-15-13-19(11-12-21(15)27-2)28(25,26)24-18-9-7-17(8-10-18)23-20-6-4-3-5-16(20)14-22/h3-13,23-24H,1-2H3. The molecule has 0 saturated heterocycles. The van der Waals surface area contributed by atoms with Gasteiger partial charge in [0.05, 0.1) is 23.3 Å². The van der Waals surface area contributed by atoms with Crippen LogP contribution in [0.25, 0.3) is 0 Å². The SMILES string of the molecule is COc1ccc(S(=O)(=O)Nc2ccc(Nc3ccccc3C#N)cc2)cc1C. The predicted molar refractivity (Wildman–Crippen MR) is 109 cm³/mol. The van der Waals surface area contributed by atoms with Crippen molar-refractivity contribution in [2.45, 2.75) is 11.8 Å². The fourth-order valence-corrected chi connectivity index (χ4v) is 3.84. The van der Waals surface area contributed by atoms with Gasteiger partial charge in [-0.2, -0.15) is 5.26 Å². The number of nitrogens with one attached hydrogen (secondary N) is 2. The number of aryl methyl sites for hydroxylation is 1. The molecule has 0 spiro atoms. The van der Waals surface area contributed by atoms with E-state index in [-0.39, 0.29) is 4.90 Å². The van der Waals surface area contributed by atoms with Crippen LogP contribution in [0.3, 0.4) is 0 Å². The summed E-state index contributed by atoms with van der Waals surface area (Å²) >= 11 is 0. The third kappa shape index (κ3) is 4.24. The van der Waals surface area contributed by atoms with Crippen LogP contribution in [0.4, 0.5) is 17.1 Å². The van der Waals surface area contributed by atoms with E-state index in [0.717, 1.165) is 11.3 Å². The summed E-state index contributed by atoms with van der Waals surface area (Å²) in [6, 6.07) is 20.8. The fraction of sp³-hybridized carbons (Fsp3) is 0.0952. The van der Waals surface area contributed by atoms with Gasteiger partial charge in [0.1, 0.15) is 11.8 Å². The first-order valence-electron chi connectivity index (χ1n) is 8.46. The van der Waals surface area contributed by atoms with E-state index in [1.807, 2.05) is 6.07 Å². The number of hydrogen-bond acceptors (Lipinski definition) is 5. The van der Waals surface area contributed by atoms with E-state index in [2.05, 4.69) is 16.1 Å². The highest BCUT2D eigenvalue weighted by Crippen LogP contribution is 2.25. The summed E-state index contributed by atoms with van der Waals surface area (Å²) in [5.74, 6) is 0.632. The third-order valence-corrected chi connectivity index (χ3v) is 5.52. The monoisotopic (exact) mass is 393 g/mol. The van der Waals surface area contributed by atoms with Gasteiger partial charge in [0.25, 0.3) is 10.0 Å². The zero-order chi connectivity index (χ0) is 20.1. The van der Waals surface area contributed by atoms with Crippen LogP contribution in [0.1, 0.15) is 11.1 Å².